The molecule has 25 heavy (non-hydrogen) atoms. The van der Waals surface area contributed by atoms with E-state index in [9.17, 15) is 8.42 Å². The number of hydrogen-bond donors (Lipinski definition) is 2. The van der Waals surface area contributed by atoms with E-state index in [1.54, 1.807) is 25.4 Å². The highest BCUT2D eigenvalue weighted by Crippen LogP contribution is 2.20. The maximum absolute atomic E-state index is 12.2. The molecule has 0 aliphatic rings. The van der Waals surface area contributed by atoms with Crippen LogP contribution in [0, 0.1) is 0 Å². The molecule has 0 atom stereocenters. The van der Waals surface area contributed by atoms with Crippen LogP contribution < -0.4 is 9.46 Å². The summed E-state index contributed by atoms with van der Waals surface area (Å²) in [6.07, 6.45) is 1.68. The quantitative estimate of drug-likeness (QED) is 0.681. The van der Waals surface area contributed by atoms with Crippen molar-refractivity contribution in [2.45, 2.75) is 12.3 Å². The predicted molar refractivity (Wildman–Crippen MR) is 96.5 cm³/mol. The summed E-state index contributed by atoms with van der Waals surface area (Å²) in [4.78, 5) is 7.36. The Morgan fingerprint density at radius 1 is 1.08 bits per heavy atom. The summed E-state index contributed by atoms with van der Waals surface area (Å²) < 4.78 is 32.0. The molecule has 1 heterocycles. The minimum atomic E-state index is -3.42. The molecule has 2 aromatic carbocycles. The Balaban J connectivity index is 1.63. The highest BCUT2D eigenvalue weighted by Gasteiger charge is 2.12. The molecule has 130 valence electrons. The molecule has 0 bridgehead atoms. The van der Waals surface area contributed by atoms with Crippen LogP contribution in [-0.2, 0) is 22.3 Å². The van der Waals surface area contributed by atoms with Crippen LogP contribution >= 0.6 is 0 Å². The molecule has 0 saturated carbocycles. The zero-order valence-corrected chi connectivity index (χ0v) is 14.6. The Morgan fingerprint density at radius 3 is 2.48 bits per heavy atom. The van der Waals surface area contributed by atoms with Gasteiger partial charge >= 0.3 is 0 Å². The lowest BCUT2D eigenvalue weighted by molar-refractivity contribution is 0.415. The summed E-state index contributed by atoms with van der Waals surface area (Å²) >= 11 is 0. The fraction of sp³-hybridized carbons (Fsp3) is 0.167. The Bertz CT molecular complexity index is 920. The Kier molecular flexibility index (Phi) is 5.16. The van der Waals surface area contributed by atoms with E-state index in [2.05, 4.69) is 14.7 Å². The standard InChI is InChI=1S/C18H19N3O3S/c1-24-16-9-7-15(8-10-16)17-11-19-18(21-17)12-20-25(22,23)13-14-5-3-2-4-6-14/h2-11,20H,12-13H2,1H3,(H,19,21). The van der Waals surface area contributed by atoms with E-state index in [4.69, 9.17) is 4.74 Å². The van der Waals surface area contributed by atoms with E-state index in [1.807, 2.05) is 42.5 Å². The lowest BCUT2D eigenvalue weighted by Gasteiger charge is -2.05. The van der Waals surface area contributed by atoms with E-state index in [-0.39, 0.29) is 12.3 Å². The molecule has 0 amide bonds. The zero-order chi connectivity index (χ0) is 17.7. The van der Waals surface area contributed by atoms with Crippen molar-refractivity contribution in [3.05, 3.63) is 72.2 Å². The van der Waals surface area contributed by atoms with E-state index in [1.165, 1.54) is 0 Å². The van der Waals surface area contributed by atoms with Gasteiger partial charge in [0.25, 0.3) is 0 Å². The second kappa shape index (κ2) is 7.50. The number of nitrogens with one attached hydrogen (secondary N) is 2. The Labute approximate surface area is 146 Å². The van der Waals surface area contributed by atoms with Crippen molar-refractivity contribution >= 4 is 10.0 Å². The predicted octanol–water partition coefficient (Wildman–Crippen LogP) is 2.70. The van der Waals surface area contributed by atoms with Gasteiger partial charge in [-0.15, -0.1) is 0 Å². The molecule has 2 N–H and O–H groups in total. The second-order valence-corrected chi connectivity index (χ2v) is 7.34. The van der Waals surface area contributed by atoms with Crippen molar-refractivity contribution < 1.29 is 13.2 Å². The first kappa shape index (κ1) is 17.2. The normalized spacial score (nSPS) is 11.4. The van der Waals surface area contributed by atoms with Crippen LogP contribution in [0.2, 0.25) is 0 Å². The summed E-state index contributed by atoms with van der Waals surface area (Å²) in [5.41, 5.74) is 2.51. The van der Waals surface area contributed by atoms with E-state index in [0.717, 1.165) is 22.6 Å². The van der Waals surface area contributed by atoms with Gasteiger partial charge in [-0.1, -0.05) is 30.3 Å². The number of rotatable bonds is 7. The van der Waals surface area contributed by atoms with Gasteiger partial charge in [0.1, 0.15) is 11.6 Å². The lowest BCUT2D eigenvalue weighted by atomic mass is 10.2. The van der Waals surface area contributed by atoms with Crippen LogP contribution in [0.15, 0.2) is 60.8 Å². The number of H-pyrrole nitrogens is 1. The van der Waals surface area contributed by atoms with Crippen molar-refractivity contribution in [3.63, 3.8) is 0 Å². The highest BCUT2D eigenvalue weighted by molar-refractivity contribution is 7.88. The van der Waals surface area contributed by atoms with Gasteiger partial charge < -0.3 is 9.72 Å². The van der Waals surface area contributed by atoms with Gasteiger partial charge in [0.2, 0.25) is 10.0 Å². The third-order valence-electron chi connectivity index (χ3n) is 3.69. The number of aromatic amines is 1. The zero-order valence-electron chi connectivity index (χ0n) is 13.8. The van der Waals surface area contributed by atoms with Crippen LogP contribution in [0.4, 0.5) is 0 Å². The number of aromatic nitrogens is 2. The molecule has 0 aliphatic heterocycles. The van der Waals surface area contributed by atoms with Crippen LogP contribution in [0.3, 0.4) is 0 Å². The number of sulfonamides is 1. The number of benzene rings is 2. The van der Waals surface area contributed by atoms with Crippen LogP contribution in [0.25, 0.3) is 11.3 Å². The maximum Gasteiger partial charge on any atom is 0.216 e. The molecule has 7 heteroatoms. The molecular weight excluding hydrogens is 338 g/mol. The molecule has 0 aliphatic carbocycles. The molecule has 0 radical (unpaired) electrons. The Morgan fingerprint density at radius 2 is 1.80 bits per heavy atom. The van der Waals surface area contributed by atoms with Crippen molar-refractivity contribution in [3.8, 4) is 17.0 Å². The topological polar surface area (TPSA) is 84.1 Å². The molecule has 0 saturated heterocycles. The number of hydrogen-bond acceptors (Lipinski definition) is 4. The van der Waals surface area contributed by atoms with Crippen LogP contribution in [0.1, 0.15) is 11.4 Å². The lowest BCUT2D eigenvalue weighted by Crippen LogP contribution is -2.25. The van der Waals surface area contributed by atoms with Gasteiger partial charge in [0, 0.05) is 0 Å². The van der Waals surface area contributed by atoms with Crippen molar-refractivity contribution in [2.75, 3.05) is 7.11 Å². The molecule has 6 nitrogen and oxygen atoms in total. The minimum absolute atomic E-state index is 0.0557. The first-order valence-corrected chi connectivity index (χ1v) is 9.40. The van der Waals surface area contributed by atoms with Gasteiger partial charge in [-0.3, -0.25) is 0 Å². The average molecular weight is 357 g/mol. The van der Waals surface area contributed by atoms with Gasteiger partial charge in [0.05, 0.1) is 31.3 Å². The van der Waals surface area contributed by atoms with Gasteiger partial charge in [-0.2, -0.15) is 0 Å². The van der Waals surface area contributed by atoms with Crippen molar-refractivity contribution in [1.82, 2.24) is 14.7 Å². The number of ether oxygens (including phenoxy) is 1. The van der Waals surface area contributed by atoms with E-state index in [0.29, 0.717) is 5.82 Å². The molecule has 3 rings (SSSR count). The molecule has 0 spiro atoms. The summed E-state index contributed by atoms with van der Waals surface area (Å²) in [7, 11) is -1.81. The number of nitrogens with zero attached hydrogens (tertiary/aromatic N) is 1. The summed E-state index contributed by atoms with van der Waals surface area (Å²) in [6, 6.07) is 16.6. The molecule has 3 aromatic rings. The summed E-state index contributed by atoms with van der Waals surface area (Å²) in [6.45, 7) is 0.116. The van der Waals surface area contributed by atoms with Crippen LogP contribution in [-0.4, -0.2) is 25.5 Å². The highest BCUT2D eigenvalue weighted by atomic mass is 32.2. The SMILES string of the molecule is COc1ccc(-c2cnc(CNS(=O)(=O)Cc3ccccc3)[nH]2)cc1. The van der Waals surface area contributed by atoms with Gasteiger partial charge in [-0.05, 0) is 35.4 Å². The molecule has 0 fully saturated rings. The molecular formula is C18H19N3O3S. The first-order chi connectivity index (χ1) is 12.1. The Hall–Kier alpha value is -2.64. The molecule has 1 aromatic heterocycles. The number of methoxy groups -OCH3 is 1. The maximum atomic E-state index is 12.2. The van der Waals surface area contributed by atoms with Crippen molar-refractivity contribution in [1.29, 1.82) is 0 Å². The van der Waals surface area contributed by atoms with Crippen LogP contribution in [0.5, 0.6) is 5.75 Å². The summed E-state index contributed by atoms with van der Waals surface area (Å²) in [5, 5.41) is 0. The van der Waals surface area contributed by atoms with Crippen molar-refractivity contribution in [2.24, 2.45) is 0 Å². The number of imidazole rings is 1. The second-order valence-electron chi connectivity index (χ2n) is 5.54. The monoisotopic (exact) mass is 357 g/mol. The fourth-order valence-electron chi connectivity index (χ4n) is 2.39. The smallest absolute Gasteiger partial charge is 0.216 e. The largest absolute Gasteiger partial charge is 0.497 e. The van der Waals surface area contributed by atoms with E-state index >= 15 is 0 Å². The van der Waals surface area contributed by atoms with E-state index < -0.39 is 10.0 Å². The third-order valence-corrected chi connectivity index (χ3v) is 4.99. The third kappa shape index (κ3) is 4.68. The molecule has 0 unspecified atom stereocenters. The fourth-order valence-corrected chi connectivity index (χ4v) is 3.48. The summed E-state index contributed by atoms with van der Waals surface area (Å²) in [5.74, 6) is 1.28. The van der Waals surface area contributed by atoms with Gasteiger partial charge in [0.15, 0.2) is 0 Å². The average Bonchev–Trinajstić information content (AvgIpc) is 3.10. The minimum Gasteiger partial charge on any atom is -0.497 e. The van der Waals surface area contributed by atoms with Gasteiger partial charge in [-0.25, -0.2) is 18.1 Å². The first-order valence-electron chi connectivity index (χ1n) is 7.75.